The van der Waals surface area contributed by atoms with Crippen LogP contribution in [0.3, 0.4) is 0 Å². The van der Waals surface area contributed by atoms with Crippen LogP contribution >= 0.6 is 0 Å². The maximum Gasteiger partial charge on any atom is 0.263 e. The van der Waals surface area contributed by atoms with Gasteiger partial charge >= 0.3 is 0 Å². The van der Waals surface area contributed by atoms with Gasteiger partial charge in [-0.25, -0.2) is 4.68 Å². The Labute approximate surface area is 180 Å². The minimum Gasteiger partial charge on any atom is -0.351 e. The molecule has 2 aromatic heterocycles. The van der Waals surface area contributed by atoms with Crippen LogP contribution in [0.4, 0.5) is 0 Å². The zero-order chi connectivity index (χ0) is 21.6. The van der Waals surface area contributed by atoms with Gasteiger partial charge in [-0.05, 0) is 42.8 Å². The van der Waals surface area contributed by atoms with Crippen LogP contribution < -0.4 is 10.9 Å². The van der Waals surface area contributed by atoms with Crippen molar-refractivity contribution >= 4 is 5.91 Å². The summed E-state index contributed by atoms with van der Waals surface area (Å²) in [7, 11) is 0. The van der Waals surface area contributed by atoms with E-state index in [1.807, 2.05) is 73.8 Å². The van der Waals surface area contributed by atoms with Gasteiger partial charge in [-0.2, -0.15) is 5.10 Å². The molecule has 0 saturated heterocycles. The van der Waals surface area contributed by atoms with Crippen LogP contribution in [-0.4, -0.2) is 26.8 Å². The van der Waals surface area contributed by atoms with Crippen molar-refractivity contribution in [2.24, 2.45) is 0 Å². The van der Waals surface area contributed by atoms with E-state index in [4.69, 9.17) is 0 Å². The van der Waals surface area contributed by atoms with E-state index >= 15 is 0 Å². The molecule has 0 bridgehead atoms. The number of rotatable bonds is 7. The molecule has 6 heteroatoms. The number of benzene rings is 2. The minimum atomic E-state index is -0.369. The Morgan fingerprint density at radius 3 is 2.61 bits per heavy atom. The molecule has 0 atom stereocenters. The monoisotopic (exact) mass is 412 g/mol. The number of nitrogens with one attached hydrogen (secondary N) is 1. The number of pyridine rings is 1. The molecule has 0 saturated carbocycles. The van der Waals surface area contributed by atoms with E-state index in [1.165, 1.54) is 0 Å². The summed E-state index contributed by atoms with van der Waals surface area (Å²) in [6.07, 6.45) is 4.18. The van der Waals surface area contributed by atoms with Gasteiger partial charge in [-0.3, -0.25) is 9.59 Å². The van der Waals surface area contributed by atoms with Gasteiger partial charge < -0.3 is 9.88 Å². The summed E-state index contributed by atoms with van der Waals surface area (Å²) in [4.78, 5) is 25.4. The van der Waals surface area contributed by atoms with Crippen molar-refractivity contribution in [3.05, 3.63) is 118 Å². The maximum atomic E-state index is 12.8. The first-order valence-electron chi connectivity index (χ1n) is 10.2. The number of aryl methyl sites for hydroxylation is 1. The quantitative estimate of drug-likeness (QED) is 0.506. The highest BCUT2D eigenvalue weighted by atomic mass is 16.2. The van der Waals surface area contributed by atoms with Gasteiger partial charge in [-0.1, -0.05) is 48.0 Å². The number of amides is 1. The average molecular weight is 412 g/mol. The largest absolute Gasteiger partial charge is 0.351 e. The molecule has 156 valence electrons. The summed E-state index contributed by atoms with van der Waals surface area (Å²) in [5.74, 6) is -0.369. The van der Waals surface area contributed by atoms with Crippen LogP contribution in [0.5, 0.6) is 0 Å². The number of nitrogens with zero attached hydrogens (tertiary/aromatic N) is 3. The van der Waals surface area contributed by atoms with Crippen molar-refractivity contribution in [2.45, 2.75) is 19.9 Å². The molecule has 2 aromatic carbocycles. The fraction of sp³-hybridized carbons (Fsp3) is 0.160. The minimum absolute atomic E-state index is 0.143. The molecule has 31 heavy (non-hydrogen) atoms. The number of aromatic nitrogens is 3. The third kappa shape index (κ3) is 4.98. The van der Waals surface area contributed by atoms with E-state index in [0.29, 0.717) is 19.5 Å². The molecule has 4 rings (SSSR count). The van der Waals surface area contributed by atoms with Crippen molar-refractivity contribution in [3.63, 3.8) is 0 Å². The van der Waals surface area contributed by atoms with Crippen molar-refractivity contribution in [1.29, 1.82) is 0 Å². The summed E-state index contributed by atoms with van der Waals surface area (Å²) < 4.78 is 3.36. The Balaban J connectivity index is 1.38. The van der Waals surface area contributed by atoms with Crippen LogP contribution in [0.2, 0.25) is 0 Å². The number of hydrogen-bond acceptors (Lipinski definition) is 3. The first-order valence-corrected chi connectivity index (χ1v) is 10.2. The average Bonchev–Trinajstić information content (AvgIpc) is 3.25. The van der Waals surface area contributed by atoms with E-state index in [1.54, 1.807) is 27.6 Å². The first-order chi connectivity index (χ1) is 15.1. The molecule has 0 aliphatic carbocycles. The van der Waals surface area contributed by atoms with Crippen molar-refractivity contribution in [1.82, 2.24) is 19.7 Å². The molecule has 0 radical (unpaired) electrons. The molecule has 0 aliphatic rings. The Bertz CT molecular complexity index is 1240. The highest BCUT2D eigenvalue weighted by Gasteiger charge is 2.12. The van der Waals surface area contributed by atoms with Gasteiger partial charge in [0.2, 0.25) is 0 Å². The van der Waals surface area contributed by atoms with Gasteiger partial charge in [0.1, 0.15) is 5.56 Å². The maximum absolute atomic E-state index is 12.8. The van der Waals surface area contributed by atoms with Gasteiger partial charge in [-0.15, -0.1) is 0 Å². The third-order valence-electron chi connectivity index (χ3n) is 5.03. The molecule has 2 heterocycles. The van der Waals surface area contributed by atoms with Crippen LogP contribution in [0.15, 0.2) is 90.0 Å². The summed E-state index contributed by atoms with van der Waals surface area (Å²) in [5.41, 5.74) is 3.85. The summed E-state index contributed by atoms with van der Waals surface area (Å²) in [6, 6.07) is 23.1. The Hall–Kier alpha value is -3.93. The zero-order valence-electron chi connectivity index (χ0n) is 17.4. The van der Waals surface area contributed by atoms with Crippen molar-refractivity contribution in [2.75, 3.05) is 6.54 Å². The molecular formula is C25H24N4O2. The lowest BCUT2D eigenvalue weighted by Crippen LogP contribution is -2.34. The molecular weight excluding hydrogens is 388 g/mol. The van der Waals surface area contributed by atoms with Gasteiger partial charge in [0, 0.05) is 25.4 Å². The smallest absolute Gasteiger partial charge is 0.263 e. The first kappa shape index (κ1) is 20.3. The molecule has 1 amide bonds. The second kappa shape index (κ2) is 9.26. The number of carbonyl (C=O) groups is 1. The van der Waals surface area contributed by atoms with E-state index in [0.717, 1.165) is 22.5 Å². The predicted molar refractivity (Wildman–Crippen MR) is 121 cm³/mol. The molecule has 6 nitrogen and oxygen atoms in total. The Morgan fingerprint density at radius 2 is 1.81 bits per heavy atom. The van der Waals surface area contributed by atoms with Crippen LogP contribution in [0.25, 0.3) is 5.69 Å². The SMILES string of the molecule is Cc1cccc(Cn2cccc(C(=O)NCCc3ccn(-c4ccccc4)n3)c2=O)c1. The molecule has 0 fully saturated rings. The molecule has 4 aromatic rings. The lowest BCUT2D eigenvalue weighted by atomic mass is 10.1. The summed E-state index contributed by atoms with van der Waals surface area (Å²) >= 11 is 0. The number of carbonyl (C=O) groups excluding carboxylic acids is 1. The van der Waals surface area contributed by atoms with Crippen LogP contribution in [-0.2, 0) is 13.0 Å². The predicted octanol–water partition coefficient (Wildman–Crippen LogP) is 3.36. The number of para-hydroxylation sites is 1. The third-order valence-corrected chi connectivity index (χ3v) is 5.03. The standard InChI is InChI=1S/C25H24N4O2/c1-19-7-5-8-20(17-19)18-28-15-6-11-23(25(28)31)24(30)26-14-12-21-13-16-29(27-21)22-9-3-2-4-10-22/h2-11,13,15-17H,12,14,18H2,1H3,(H,26,30). The fourth-order valence-electron chi connectivity index (χ4n) is 3.46. The molecule has 0 spiro atoms. The van der Waals surface area contributed by atoms with Gasteiger partial charge in [0.25, 0.3) is 11.5 Å². The highest BCUT2D eigenvalue weighted by Crippen LogP contribution is 2.08. The van der Waals surface area contributed by atoms with Crippen LogP contribution in [0.1, 0.15) is 27.2 Å². The topological polar surface area (TPSA) is 68.9 Å². The molecule has 1 N–H and O–H groups in total. The lowest BCUT2D eigenvalue weighted by molar-refractivity contribution is 0.0952. The van der Waals surface area contributed by atoms with E-state index in [2.05, 4.69) is 10.4 Å². The van der Waals surface area contributed by atoms with Gasteiger partial charge in [0.05, 0.1) is 17.9 Å². The van der Waals surface area contributed by atoms with Crippen molar-refractivity contribution < 1.29 is 4.79 Å². The fourth-order valence-corrected chi connectivity index (χ4v) is 3.46. The number of hydrogen-bond donors (Lipinski definition) is 1. The second-order valence-corrected chi connectivity index (χ2v) is 7.44. The highest BCUT2D eigenvalue weighted by molar-refractivity contribution is 5.93. The molecule has 0 unspecified atom stereocenters. The Morgan fingerprint density at radius 1 is 0.968 bits per heavy atom. The summed E-state index contributed by atoms with van der Waals surface area (Å²) in [5, 5.41) is 7.37. The van der Waals surface area contributed by atoms with E-state index in [-0.39, 0.29) is 17.0 Å². The van der Waals surface area contributed by atoms with Gasteiger partial charge in [0.15, 0.2) is 0 Å². The van der Waals surface area contributed by atoms with E-state index in [9.17, 15) is 9.59 Å². The normalized spacial score (nSPS) is 10.7. The summed E-state index contributed by atoms with van der Waals surface area (Å²) in [6.45, 7) is 2.84. The Kier molecular flexibility index (Phi) is 6.08. The van der Waals surface area contributed by atoms with Crippen molar-refractivity contribution in [3.8, 4) is 5.69 Å². The second-order valence-electron chi connectivity index (χ2n) is 7.44. The molecule has 0 aliphatic heterocycles. The zero-order valence-corrected chi connectivity index (χ0v) is 17.4. The lowest BCUT2D eigenvalue weighted by Gasteiger charge is -2.09. The van der Waals surface area contributed by atoms with Crippen LogP contribution in [0, 0.1) is 6.92 Å². The van der Waals surface area contributed by atoms with E-state index < -0.39 is 0 Å².